The second-order valence-electron chi connectivity index (χ2n) is 4.22. The second-order valence-corrected chi connectivity index (χ2v) is 6.05. The van der Waals surface area contributed by atoms with Gasteiger partial charge in [-0.25, -0.2) is 8.42 Å². The van der Waals surface area contributed by atoms with E-state index in [2.05, 4.69) is 10.2 Å². The number of H-pyrrole nitrogens is 1. The highest BCUT2D eigenvalue weighted by Crippen LogP contribution is 2.33. The summed E-state index contributed by atoms with van der Waals surface area (Å²) in [5, 5.41) is 15.6. The Bertz CT molecular complexity index is 505. The van der Waals surface area contributed by atoms with E-state index >= 15 is 0 Å². The Balaban J connectivity index is 2.46. The van der Waals surface area contributed by atoms with Gasteiger partial charge in [0.1, 0.15) is 10.6 Å². The van der Waals surface area contributed by atoms with Gasteiger partial charge in [-0.05, 0) is 19.8 Å². The monoisotopic (exact) mass is 259 g/mol. The van der Waals surface area contributed by atoms with E-state index < -0.39 is 10.0 Å². The lowest BCUT2D eigenvalue weighted by atomic mass is 10.4. The molecule has 2 N–H and O–H groups in total. The molecule has 96 valence electrons. The van der Waals surface area contributed by atoms with Crippen LogP contribution < -0.4 is 0 Å². The summed E-state index contributed by atoms with van der Waals surface area (Å²) in [5.41, 5.74) is 0.676. The van der Waals surface area contributed by atoms with Crippen molar-refractivity contribution in [1.29, 1.82) is 0 Å². The minimum Gasteiger partial charge on any atom is -0.390 e. The summed E-state index contributed by atoms with van der Waals surface area (Å²) in [4.78, 5) is 0.133. The van der Waals surface area contributed by atoms with Crippen LogP contribution in [0.15, 0.2) is 4.90 Å². The van der Waals surface area contributed by atoms with Crippen molar-refractivity contribution in [2.24, 2.45) is 0 Å². The quantitative estimate of drug-likeness (QED) is 0.800. The molecule has 1 aliphatic carbocycles. The molecule has 0 spiro atoms. The van der Waals surface area contributed by atoms with Gasteiger partial charge in [-0.3, -0.25) is 5.10 Å². The van der Waals surface area contributed by atoms with Crippen LogP contribution in [0.1, 0.15) is 31.2 Å². The molecule has 1 aliphatic rings. The number of hydrogen-bond donors (Lipinski definition) is 2. The smallest absolute Gasteiger partial charge is 0.247 e. The van der Waals surface area contributed by atoms with Crippen molar-refractivity contribution in [3.8, 4) is 0 Å². The molecule has 0 atom stereocenters. The molecule has 0 aromatic carbocycles. The van der Waals surface area contributed by atoms with Crippen LogP contribution in [0.3, 0.4) is 0 Å². The maximum absolute atomic E-state index is 12.5. The predicted octanol–water partition coefficient (Wildman–Crippen LogP) is 0.383. The first-order valence-corrected chi connectivity index (χ1v) is 7.13. The van der Waals surface area contributed by atoms with Gasteiger partial charge in [0.15, 0.2) is 0 Å². The van der Waals surface area contributed by atoms with Gasteiger partial charge in [0.2, 0.25) is 10.0 Å². The summed E-state index contributed by atoms with van der Waals surface area (Å²) in [6, 6.07) is 0.117. The number of aryl methyl sites for hydroxylation is 1. The minimum atomic E-state index is -3.54. The zero-order chi connectivity index (χ0) is 12.6. The highest BCUT2D eigenvalue weighted by atomic mass is 32.2. The lowest BCUT2D eigenvalue weighted by Crippen LogP contribution is -2.33. The van der Waals surface area contributed by atoms with Gasteiger partial charge < -0.3 is 5.11 Å². The molecule has 7 heteroatoms. The van der Waals surface area contributed by atoms with Crippen LogP contribution in [-0.4, -0.2) is 40.6 Å². The molecule has 17 heavy (non-hydrogen) atoms. The van der Waals surface area contributed by atoms with Crippen LogP contribution >= 0.6 is 0 Å². The number of sulfonamides is 1. The number of aliphatic hydroxyl groups is 1. The average Bonchev–Trinajstić information content (AvgIpc) is 3.01. The SMILES string of the molecule is CCN(C1CC1)S(=O)(=O)c1c(CO)n[nH]c1C. The van der Waals surface area contributed by atoms with Crippen molar-refractivity contribution >= 4 is 10.0 Å². The maximum Gasteiger partial charge on any atom is 0.247 e. The Morgan fingerprint density at radius 1 is 1.53 bits per heavy atom. The van der Waals surface area contributed by atoms with E-state index in [1.807, 2.05) is 6.92 Å². The van der Waals surface area contributed by atoms with Crippen LogP contribution in [0, 0.1) is 6.92 Å². The topological polar surface area (TPSA) is 86.3 Å². The van der Waals surface area contributed by atoms with Gasteiger partial charge in [0, 0.05) is 12.6 Å². The molecule has 0 amide bonds. The van der Waals surface area contributed by atoms with E-state index in [1.54, 1.807) is 6.92 Å². The van der Waals surface area contributed by atoms with Gasteiger partial charge in [-0.1, -0.05) is 6.92 Å². The van der Waals surface area contributed by atoms with E-state index in [0.717, 1.165) is 12.8 Å². The fourth-order valence-corrected chi connectivity index (χ4v) is 4.04. The van der Waals surface area contributed by atoms with Crippen LogP contribution in [-0.2, 0) is 16.6 Å². The third-order valence-corrected chi connectivity index (χ3v) is 5.18. The largest absolute Gasteiger partial charge is 0.390 e. The standard InChI is InChI=1S/C10H17N3O3S/c1-3-13(8-4-5-8)17(15,16)10-7(2)11-12-9(10)6-14/h8,14H,3-6H2,1-2H3,(H,11,12). The Hall–Kier alpha value is -0.920. The Kier molecular flexibility index (Phi) is 3.24. The van der Waals surface area contributed by atoms with Crippen LogP contribution in [0.5, 0.6) is 0 Å². The molecular formula is C10H17N3O3S. The third-order valence-electron chi connectivity index (χ3n) is 2.94. The number of hydrogen-bond acceptors (Lipinski definition) is 4. The Morgan fingerprint density at radius 3 is 2.65 bits per heavy atom. The molecule has 0 radical (unpaired) electrons. The zero-order valence-corrected chi connectivity index (χ0v) is 10.8. The number of aromatic nitrogens is 2. The van der Waals surface area contributed by atoms with Crippen LogP contribution in [0.2, 0.25) is 0 Å². The first kappa shape index (κ1) is 12.5. The van der Waals surface area contributed by atoms with Gasteiger partial charge in [-0.2, -0.15) is 9.40 Å². The van der Waals surface area contributed by atoms with Crippen molar-refractivity contribution in [2.45, 2.75) is 44.2 Å². The summed E-state index contributed by atoms with van der Waals surface area (Å²) in [6.07, 6.45) is 1.83. The van der Waals surface area contributed by atoms with Gasteiger partial charge in [-0.15, -0.1) is 0 Å². The van der Waals surface area contributed by atoms with E-state index in [4.69, 9.17) is 5.11 Å². The fraction of sp³-hybridized carbons (Fsp3) is 0.700. The van der Waals surface area contributed by atoms with Crippen molar-refractivity contribution in [1.82, 2.24) is 14.5 Å². The van der Waals surface area contributed by atoms with Crippen LogP contribution in [0.25, 0.3) is 0 Å². The van der Waals surface area contributed by atoms with Gasteiger partial charge >= 0.3 is 0 Å². The molecule has 1 fully saturated rings. The summed E-state index contributed by atoms with van der Waals surface area (Å²) >= 11 is 0. The molecule has 1 saturated carbocycles. The third kappa shape index (κ3) is 2.10. The predicted molar refractivity (Wildman–Crippen MR) is 61.8 cm³/mol. The fourth-order valence-electron chi connectivity index (χ4n) is 2.02. The van der Waals surface area contributed by atoms with Crippen molar-refractivity contribution < 1.29 is 13.5 Å². The number of aliphatic hydroxyl groups excluding tert-OH is 1. The Morgan fingerprint density at radius 2 is 2.18 bits per heavy atom. The number of aromatic amines is 1. The van der Waals surface area contributed by atoms with E-state index in [-0.39, 0.29) is 23.2 Å². The molecule has 2 rings (SSSR count). The van der Waals surface area contributed by atoms with E-state index in [9.17, 15) is 8.42 Å². The van der Waals surface area contributed by atoms with Crippen LogP contribution in [0.4, 0.5) is 0 Å². The highest BCUT2D eigenvalue weighted by Gasteiger charge is 2.39. The summed E-state index contributed by atoms with van der Waals surface area (Å²) in [5.74, 6) is 0. The molecular weight excluding hydrogens is 242 g/mol. The molecule has 1 aromatic rings. The molecule has 6 nitrogen and oxygen atoms in total. The highest BCUT2D eigenvalue weighted by molar-refractivity contribution is 7.89. The molecule has 0 saturated heterocycles. The van der Waals surface area contributed by atoms with Crippen molar-refractivity contribution in [3.05, 3.63) is 11.4 Å². The Labute approximate surface area is 101 Å². The van der Waals surface area contributed by atoms with E-state index in [1.165, 1.54) is 4.31 Å². The maximum atomic E-state index is 12.5. The molecule has 0 unspecified atom stereocenters. The van der Waals surface area contributed by atoms with Crippen molar-refractivity contribution in [3.63, 3.8) is 0 Å². The molecule has 0 bridgehead atoms. The lowest BCUT2D eigenvalue weighted by molar-refractivity contribution is 0.273. The van der Waals surface area contributed by atoms with Gasteiger partial charge in [0.25, 0.3) is 0 Å². The average molecular weight is 259 g/mol. The molecule has 1 heterocycles. The lowest BCUT2D eigenvalue weighted by Gasteiger charge is -2.20. The number of nitrogens with zero attached hydrogens (tertiary/aromatic N) is 2. The molecule has 0 aliphatic heterocycles. The van der Waals surface area contributed by atoms with Gasteiger partial charge in [0.05, 0.1) is 12.3 Å². The van der Waals surface area contributed by atoms with Crippen molar-refractivity contribution in [2.75, 3.05) is 6.54 Å². The normalized spacial score (nSPS) is 16.7. The summed E-state index contributed by atoms with van der Waals surface area (Å²) < 4.78 is 26.4. The minimum absolute atomic E-state index is 0.117. The summed E-state index contributed by atoms with van der Waals surface area (Å²) in [7, 11) is -3.54. The first-order chi connectivity index (χ1) is 8.02. The van der Waals surface area contributed by atoms with E-state index in [0.29, 0.717) is 12.2 Å². The summed E-state index contributed by atoms with van der Waals surface area (Å²) in [6.45, 7) is 3.55. The second kappa shape index (κ2) is 4.40. The molecule has 1 aromatic heterocycles. The zero-order valence-electron chi connectivity index (χ0n) is 9.97. The number of rotatable bonds is 5. The number of nitrogens with one attached hydrogen (secondary N) is 1. The first-order valence-electron chi connectivity index (χ1n) is 5.69.